The summed E-state index contributed by atoms with van der Waals surface area (Å²) >= 11 is 0. The third kappa shape index (κ3) is 5.72. The minimum Gasteiger partial charge on any atom is -0.493 e. The number of ether oxygens (including phenoxy) is 2. The van der Waals surface area contributed by atoms with Gasteiger partial charge in [0.05, 0.1) is 25.3 Å². The summed E-state index contributed by atoms with van der Waals surface area (Å²) in [7, 11) is 1.61. The molecule has 1 aromatic carbocycles. The number of nitrogens with zero attached hydrogens (tertiary/aromatic N) is 3. The van der Waals surface area contributed by atoms with Gasteiger partial charge in [0.15, 0.2) is 11.5 Å². The lowest BCUT2D eigenvalue weighted by Crippen LogP contribution is -2.61. The van der Waals surface area contributed by atoms with Gasteiger partial charge in [-0.1, -0.05) is 5.16 Å². The molecule has 1 saturated carbocycles. The molecular weight excluding hydrogens is 502 g/mol. The minimum absolute atomic E-state index is 0.0275. The third-order valence-corrected chi connectivity index (χ3v) is 8.83. The van der Waals surface area contributed by atoms with E-state index in [0.29, 0.717) is 69.1 Å². The molecule has 0 unspecified atom stereocenters. The van der Waals surface area contributed by atoms with E-state index in [1.807, 2.05) is 18.2 Å². The van der Waals surface area contributed by atoms with Crippen molar-refractivity contribution in [2.45, 2.75) is 69.5 Å². The maximum absolute atomic E-state index is 14.0. The van der Waals surface area contributed by atoms with Crippen molar-refractivity contribution in [3.63, 3.8) is 0 Å². The van der Waals surface area contributed by atoms with Crippen LogP contribution in [-0.4, -0.2) is 95.7 Å². The number of benzene rings is 1. The van der Waals surface area contributed by atoms with Crippen molar-refractivity contribution in [2.24, 2.45) is 17.0 Å². The van der Waals surface area contributed by atoms with E-state index in [-0.39, 0.29) is 49.4 Å². The second-order valence-corrected chi connectivity index (χ2v) is 11.4. The number of rotatable bonds is 8. The Morgan fingerprint density at radius 1 is 0.923 bits per heavy atom. The molecule has 0 bridgehead atoms. The zero-order valence-electron chi connectivity index (χ0n) is 22.8. The van der Waals surface area contributed by atoms with Crippen LogP contribution in [0.15, 0.2) is 23.4 Å². The summed E-state index contributed by atoms with van der Waals surface area (Å²) in [6, 6.07) is 5.54. The highest BCUT2D eigenvalue weighted by Crippen LogP contribution is 2.37. The molecule has 2 amide bonds. The van der Waals surface area contributed by atoms with E-state index in [0.717, 1.165) is 31.2 Å². The normalized spacial score (nSPS) is 22.5. The lowest BCUT2D eigenvalue weighted by Gasteiger charge is -2.39. The molecule has 0 spiro atoms. The van der Waals surface area contributed by atoms with Gasteiger partial charge in [-0.05, 0) is 81.4 Å². The van der Waals surface area contributed by atoms with Crippen molar-refractivity contribution in [3.8, 4) is 11.5 Å². The Morgan fingerprint density at radius 3 is 2.00 bits per heavy atom. The van der Waals surface area contributed by atoms with Gasteiger partial charge in [-0.2, -0.15) is 0 Å². The number of aliphatic hydroxyl groups is 2. The van der Waals surface area contributed by atoms with Crippen molar-refractivity contribution in [3.05, 3.63) is 23.8 Å². The average Bonchev–Trinajstić information content (AvgIpc) is 3.68. The van der Waals surface area contributed by atoms with Gasteiger partial charge < -0.3 is 34.3 Å². The predicted octanol–water partition coefficient (Wildman–Crippen LogP) is 2.34. The Morgan fingerprint density at radius 2 is 1.49 bits per heavy atom. The van der Waals surface area contributed by atoms with Gasteiger partial charge in [0, 0.05) is 45.0 Å². The summed E-state index contributed by atoms with van der Waals surface area (Å²) in [5, 5.41) is 23.4. The number of hydrogen-bond donors (Lipinski definition) is 2. The van der Waals surface area contributed by atoms with Crippen molar-refractivity contribution in [1.29, 1.82) is 0 Å². The predicted molar refractivity (Wildman–Crippen MR) is 144 cm³/mol. The van der Waals surface area contributed by atoms with Gasteiger partial charge in [-0.15, -0.1) is 0 Å². The molecule has 2 saturated heterocycles. The third-order valence-electron chi connectivity index (χ3n) is 8.83. The van der Waals surface area contributed by atoms with E-state index in [4.69, 9.17) is 14.3 Å². The molecule has 3 aliphatic heterocycles. The SMILES string of the molecule is COc1ccc(C2=NOC(C(=O)N3CCC(CO)CC3)(C(=O)N3CCC(CO)CC3)C2)cc1OC1CCCC1. The standard InChI is InChI=1S/C29H41N3O7/c1-37-25-7-6-22(16-26(25)38-23-4-2-3-5-23)24-17-29(39-30-24,27(35)31-12-8-20(18-33)9-13-31)28(36)32-14-10-21(19-34)11-15-32/h6-7,16,20-21,23,33-34H,2-5,8-15,17-19H2,1H3. The Hall–Kier alpha value is -2.85. The van der Waals surface area contributed by atoms with Crippen LogP contribution in [0.5, 0.6) is 11.5 Å². The maximum Gasteiger partial charge on any atom is 0.297 e. The molecule has 0 radical (unpaired) electrons. The number of piperidine rings is 2. The van der Waals surface area contributed by atoms with E-state index in [1.165, 1.54) is 0 Å². The Kier molecular flexibility index (Phi) is 8.61. The molecule has 2 N–H and O–H groups in total. The van der Waals surface area contributed by atoms with E-state index < -0.39 is 5.60 Å². The largest absolute Gasteiger partial charge is 0.493 e. The number of methoxy groups -OCH3 is 1. The number of carbonyl (C=O) groups excluding carboxylic acids is 2. The molecule has 1 aromatic rings. The second-order valence-electron chi connectivity index (χ2n) is 11.4. The summed E-state index contributed by atoms with van der Waals surface area (Å²) in [6.45, 7) is 2.05. The molecule has 10 nitrogen and oxygen atoms in total. The van der Waals surface area contributed by atoms with Crippen LogP contribution < -0.4 is 9.47 Å². The summed E-state index contributed by atoms with van der Waals surface area (Å²) in [5.74, 6) is 0.823. The van der Waals surface area contributed by atoms with Crippen LogP contribution in [0.25, 0.3) is 0 Å². The molecule has 3 fully saturated rings. The first-order valence-electron chi connectivity index (χ1n) is 14.4. The first-order valence-corrected chi connectivity index (χ1v) is 14.4. The fourth-order valence-corrected chi connectivity index (χ4v) is 6.19. The summed E-state index contributed by atoms with van der Waals surface area (Å²) in [6.07, 6.45) is 7.19. The lowest BCUT2D eigenvalue weighted by molar-refractivity contribution is -0.173. The zero-order chi connectivity index (χ0) is 27.4. The van der Waals surface area contributed by atoms with E-state index in [9.17, 15) is 19.8 Å². The lowest BCUT2D eigenvalue weighted by atomic mass is 9.88. The van der Waals surface area contributed by atoms with Crippen LogP contribution >= 0.6 is 0 Å². The highest BCUT2D eigenvalue weighted by atomic mass is 16.7. The van der Waals surface area contributed by atoms with Gasteiger partial charge >= 0.3 is 0 Å². The van der Waals surface area contributed by atoms with Crippen LogP contribution in [0.2, 0.25) is 0 Å². The van der Waals surface area contributed by atoms with E-state index >= 15 is 0 Å². The van der Waals surface area contributed by atoms with Gasteiger partial charge in [0.2, 0.25) is 0 Å². The van der Waals surface area contributed by atoms with Crippen molar-refractivity contribution < 1.29 is 34.1 Å². The highest BCUT2D eigenvalue weighted by molar-refractivity contribution is 6.16. The number of oxime groups is 1. The van der Waals surface area contributed by atoms with Gasteiger partial charge in [-0.25, -0.2) is 0 Å². The monoisotopic (exact) mass is 543 g/mol. The Labute approximate surface area is 229 Å². The van der Waals surface area contributed by atoms with Crippen molar-refractivity contribution in [1.82, 2.24) is 9.80 Å². The fraction of sp³-hybridized carbons (Fsp3) is 0.690. The molecule has 39 heavy (non-hydrogen) atoms. The number of carbonyl (C=O) groups is 2. The highest BCUT2D eigenvalue weighted by Gasteiger charge is 2.57. The minimum atomic E-state index is -1.76. The number of amides is 2. The molecule has 214 valence electrons. The molecule has 3 heterocycles. The Bertz CT molecular complexity index is 1020. The molecule has 4 aliphatic rings. The molecule has 1 aliphatic carbocycles. The molecular formula is C29H41N3O7. The van der Waals surface area contributed by atoms with Crippen LogP contribution in [-0.2, 0) is 14.4 Å². The van der Waals surface area contributed by atoms with Crippen molar-refractivity contribution in [2.75, 3.05) is 46.5 Å². The van der Waals surface area contributed by atoms with Gasteiger partial charge in [-0.3, -0.25) is 9.59 Å². The molecule has 10 heteroatoms. The number of likely N-dealkylation sites (tertiary alicyclic amines) is 2. The van der Waals surface area contributed by atoms with Crippen molar-refractivity contribution >= 4 is 17.5 Å². The maximum atomic E-state index is 14.0. The smallest absolute Gasteiger partial charge is 0.297 e. The van der Waals surface area contributed by atoms with E-state index in [2.05, 4.69) is 5.16 Å². The van der Waals surface area contributed by atoms with Gasteiger partial charge in [0.25, 0.3) is 17.4 Å². The topological polar surface area (TPSA) is 121 Å². The average molecular weight is 544 g/mol. The molecule has 0 aromatic heterocycles. The van der Waals surface area contributed by atoms with Crippen LogP contribution in [0.3, 0.4) is 0 Å². The van der Waals surface area contributed by atoms with Crippen LogP contribution in [0.1, 0.15) is 63.4 Å². The molecule has 5 rings (SSSR count). The van der Waals surface area contributed by atoms with Crippen LogP contribution in [0.4, 0.5) is 0 Å². The number of aliphatic hydroxyl groups excluding tert-OH is 2. The molecule has 0 atom stereocenters. The van der Waals surface area contributed by atoms with Gasteiger partial charge in [0.1, 0.15) is 0 Å². The second kappa shape index (κ2) is 12.1. The first kappa shape index (κ1) is 27.7. The zero-order valence-corrected chi connectivity index (χ0v) is 22.8. The summed E-state index contributed by atoms with van der Waals surface area (Å²) in [5.41, 5.74) is -0.518. The number of hydrogen-bond acceptors (Lipinski definition) is 8. The summed E-state index contributed by atoms with van der Waals surface area (Å²) < 4.78 is 11.8. The van der Waals surface area contributed by atoms with E-state index in [1.54, 1.807) is 16.9 Å². The first-order chi connectivity index (χ1) is 19.0. The van der Waals surface area contributed by atoms with Crippen LogP contribution in [0, 0.1) is 11.8 Å². The fourth-order valence-electron chi connectivity index (χ4n) is 6.19. The summed E-state index contributed by atoms with van der Waals surface area (Å²) in [4.78, 5) is 37.3. The Balaban J connectivity index is 1.39. The quantitative estimate of drug-likeness (QED) is 0.483.